The van der Waals surface area contributed by atoms with Crippen LogP contribution in [0.4, 0.5) is 0 Å². The number of thioether (sulfide) groups is 1. The molecule has 1 rings (SSSR count). The Morgan fingerprint density at radius 1 is 1.90 bits per heavy atom. The largest absolute Gasteiger partial charge is 0.481 e. The number of carboxylic acid groups (broad SMARTS) is 1. The summed E-state index contributed by atoms with van der Waals surface area (Å²) in [6, 6.07) is 0. The topological polar surface area (TPSA) is 49.7 Å². The van der Waals surface area contributed by atoms with E-state index in [-0.39, 0.29) is 6.42 Å². The normalized spacial score (nSPS) is 17.2. The SMILES string of the molecule is O=C(O)CC1=NC(=S)SC1. The number of nitrogens with zero attached hydrogens (tertiary/aromatic N) is 1. The molecular formula is C5H5NO2S2. The van der Waals surface area contributed by atoms with E-state index in [2.05, 4.69) is 4.99 Å². The molecule has 0 saturated carbocycles. The number of carboxylic acids is 1. The molecule has 0 spiro atoms. The van der Waals surface area contributed by atoms with Gasteiger partial charge in [0.15, 0.2) is 4.32 Å². The van der Waals surface area contributed by atoms with Crippen molar-refractivity contribution in [1.82, 2.24) is 0 Å². The zero-order valence-corrected chi connectivity index (χ0v) is 6.67. The lowest BCUT2D eigenvalue weighted by Crippen LogP contribution is -2.05. The third-order valence-corrected chi connectivity index (χ3v) is 2.23. The highest BCUT2D eigenvalue weighted by atomic mass is 32.2. The highest BCUT2D eigenvalue weighted by Gasteiger charge is 2.13. The molecule has 3 nitrogen and oxygen atoms in total. The van der Waals surface area contributed by atoms with Crippen LogP contribution in [0.3, 0.4) is 0 Å². The summed E-state index contributed by atoms with van der Waals surface area (Å²) in [5.74, 6) is -0.199. The lowest BCUT2D eigenvalue weighted by molar-refractivity contribution is -0.135. The molecule has 1 aliphatic rings. The van der Waals surface area contributed by atoms with Gasteiger partial charge in [-0.2, -0.15) is 0 Å². The summed E-state index contributed by atoms with van der Waals surface area (Å²) in [5, 5.41) is 8.33. The van der Waals surface area contributed by atoms with Gasteiger partial charge in [0, 0.05) is 11.5 Å². The van der Waals surface area contributed by atoms with Gasteiger partial charge in [0.25, 0.3) is 0 Å². The first-order valence-corrected chi connectivity index (χ1v) is 4.03. The second-order valence-corrected chi connectivity index (χ2v) is 3.41. The van der Waals surface area contributed by atoms with Crippen molar-refractivity contribution in [3.8, 4) is 0 Å². The minimum absolute atomic E-state index is 0.0210. The van der Waals surface area contributed by atoms with Crippen LogP contribution in [0.25, 0.3) is 0 Å². The van der Waals surface area contributed by atoms with Crippen molar-refractivity contribution in [1.29, 1.82) is 0 Å². The molecule has 0 amide bonds. The maximum absolute atomic E-state index is 10.1. The van der Waals surface area contributed by atoms with E-state index in [1.54, 1.807) is 0 Å². The van der Waals surface area contributed by atoms with Gasteiger partial charge in [-0.1, -0.05) is 24.0 Å². The van der Waals surface area contributed by atoms with Crippen LogP contribution in [0.5, 0.6) is 0 Å². The Bertz CT molecular complexity index is 212. The summed E-state index contributed by atoms with van der Waals surface area (Å²) in [4.78, 5) is 14.0. The predicted octanol–water partition coefficient (Wildman–Crippen LogP) is 0.934. The van der Waals surface area contributed by atoms with Gasteiger partial charge in [-0.05, 0) is 0 Å². The van der Waals surface area contributed by atoms with Gasteiger partial charge >= 0.3 is 5.97 Å². The summed E-state index contributed by atoms with van der Waals surface area (Å²) in [6.07, 6.45) is 0.0210. The molecule has 0 unspecified atom stereocenters. The van der Waals surface area contributed by atoms with Crippen molar-refractivity contribution in [2.24, 2.45) is 4.99 Å². The molecule has 0 fully saturated rings. The smallest absolute Gasteiger partial charge is 0.309 e. The lowest BCUT2D eigenvalue weighted by atomic mass is 10.3. The monoisotopic (exact) mass is 175 g/mol. The van der Waals surface area contributed by atoms with Crippen LogP contribution >= 0.6 is 24.0 Å². The third kappa shape index (κ3) is 2.07. The predicted molar refractivity (Wildman–Crippen MR) is 44.7 cm³/mol. The Morgan fingerprint density at radius 2 is 2.60 bits per heavy atom. The van der Waals surface area contributed by atoms with Crippen molar-refractivity contribution in [2.75, 3.05) is 5.75 Å². The highest BCUT2D eigenvalue weighted by Crippen LogP contribution is 2.15. The average molecular weight is 175 g/mol. The Balaban J connectivity index is 2.50. The molecule has 1 heterocycles. The zero-order chi connectivity index (χ0) is 7.56. The van der Waals surface area contributed by atoms with E-state index in [0.29, 0.717) is 15.8 Å². The van der Waals surface area contributed by atoms with E-state index in [9.17, 15) is 4.79 Å². The molecule has 1 N–H and O–H groups in total. The van der Waals surface area contributed by atoms with Gasteiger partial charge in [-0.3, -0.25) is 4.79 Å². The van der Waals surface area contributed by atoms with Crippen molar-refractivity contribution in [3.63, 3.8) is 0 Å². The standard InChI is InChI=1S/C5H5NO2S2/c7-4(8)1-3-2-10-5(9)6-3/h1-2H2,(H,7,8). The number of hydrogen-bond donors (Lipinski definition) is 1. The van der Waals surface area contributed by atoms with E-state index < -0.39 is 5.97 Å². The zero-order valence-electron chi connectivity index (χ0n) is 5.03. The van der Waals surface area contributed by atoms with E-state index >= 15 is 0 Å². The van der Waals surface area contributed by atoms with Crippen LogP contribution in [0.2, 0.25) is 0 Å². The summed E-state index contributed by atoms with van der Waals surface area (Å²) in [5.41, 5.74) is 0.669. The fourth-order valence-electron chi connectivity index (χ4n) is 0.604. The minimum Gasteiger partial charge on any atom is -0.481 e. The van der Waals surface area contributed by atoms with Crippen molar-refractivity contribution >= 4 is 40.0 Å². The van der Waals surface area contributed by atoms with Crippen LogP contribution in [0, 0.1) is 0 Å². The molecule has 54 valence electrons. The first-order chi connectivity index (χ1) is 4.68. The molecular weight excluding hydrogens is 170 g/mol. The number of carbonyl (C=O) groups is 1. The number of rotatable bonds is 2. The van der Waals surface area contributed by atoms with Crippen LogP contribution < -0.4 is 0 Å². The molecule has 0 bridgehead atoms. The van der Waals surface area contributed by atoms with Gasteiger partial charge in [0.05, 0.1) is 6.42 Å². The minimum atomic E-state index is -0.843. The van der Waals surface area contributed by atoms with Crippen LogP contribution in [-0.4, -0.2) is 26.9 Å². The first kappa shape index (κ1) is 7.68. The molecule has 0 aromatic rings. The molecule has 0 saturated heterocycles. The first-order valence-electron chi connectivity index (χ1n) is 2.63. The maximum atomic E-state index is 10.1. The molecule has 0 radical (unpaired) electrons. The Kier molecular flexibility index (Phi) is 2.39. The number of aliphatic imine (C=N–C) groups is 1. The van der Waals surface area contributed by atoms with E-state index in [0.717, 1.165) is 0 Å². The number of hydrogen-bond acceptors (Lipinski definition) is 3. The molecule has 0 aliphatic carbocycles. The molecule has 0 aromatic carbocycles. The van der Waals surface area contributed by atoms with E-state index in [1.165, 1.54) is 11.8 Å². The van der Waals surface area contributed by atoms with Crippen LogP contribution in [0.15, 0.2) is 4.99 Å². The van der Waals surface area contributed by atoms with Crippen molar-refractivity contribution in [2.45, 2.75) is 6.42 Å². The van der Waals surface area contributed by atoms with Gasteiger partial charge in [0.1, 0.15) is 0 Å². The fraction of sp³-hybridized carbons (Fsp3) is 0.400. The maximum Gasteiger partial charge on any atom is 0.309 e. The van der Waals surface area contributed by atoms with Gasteiger partial charge in [-0.25, -0.2) is 4.99 Å². The third-order valence-electron chi connectivity index (χ3n) is 0.967. The highest BCUT2D eigenvalue weighted by molar-refractivity contribution is 8.23. The average Bonchev–Trinajstić information content (AvgIpc) is 2.13. The second kappa shape index (κ2) is 3.12. The van der Waals surface area contributed by atoms with Crippen molar-refractivity contribution < 1.29 is 9.90 Å². The van der Waals surface area contributed by atoms with Crippen LogP contribution in [-0.2, 0) is 4.79 Å². The molecule has 0 aromatic heterocycles. The second-order valence-electron chi connectivity index (χ2n) is 1.80. The summed E-state index contributed by atoms with van der Waals surface area (Å²) in [7, 11) is 0. The molecule has 0 atom stereocenters. The van der Waals surface area contributed by atoms with Gasteiger partial charge in [-0.15, -0.1) is 0 Å². The number of thiocarbonyl (C=S) groups is 1. The van der Waals surface area contributed by atoms with Crippen LogP contribution in [0.1, 0.15) is 6.42 Å². The Hall–Kier alpha value is -0.420. The van der Waals surface area contributed by atoms with Gasteiger partial charge < -0.3 is 5.11 Å². The quantitative estimate of drug-likeness (QED) is 0.634. The molecule has 1 aliphatic heterocycles. The summed E-state index contributed by atoms with van der Waals surface area (Å²) < 4.78 is 0.552. The fourth-order valence-corrected chi connectivity index (χ4v) is 1.56. The Labute approximate surface area is 67.5 Å². The molecule has 10 heavy (non-hydrogen) atoms. The number of aliphatic carboxylic acids is 1. The van der Waals surface area contributed by atoms with E-state index in [4.69, 9.17) is 17.3 Å². The van der Waals surface area contributed by atoms with E-state index in [1.807, 2.05) is 0 Å². The Morgan fingerprint density at radius 3 is 3.00 bits per heavy atom. The van der Waals surface area contributed by atoms with Gasteiger partial charge in [0.2, 0.25) is 0 Å². The summed E-state index contributed by atoms with van der Waals surface area (Å²) in [6.45, 7) is 0. The molecule has 5 heteroatoms. The van der Waals surface area contributed by atoms with Crippen molar-refractivity contribution in [3.05, 3.63) is 0 Å². The lowest BCUT2D eigenvalue weighted by Gasteiger charge is -1.88. The summed E-state index contributed by atoms with van der Waals surface area (Å²) >= 11 is 6.14.